The van der Waals surface area contributed by atoms with Crippen molar-refractivity contribution in [1.29, 1.82) is 5.26 Å². The summed E-state index contributed by atoms with van der Waals surface area (Å²) in [7, 11) is 1.54. The SMILES string of the molecule is CCCOc1cc(OC)c(C(=O)N[C@H]2CCN(C3C4CCCC3CCC4)C2)cc1C#N. The van der Waals surface area contributed by atoms with Crippen molar-refractivity contribution in [1.82, 2.24) is 10.2 Å². The highest BCUT2D eigenvalue weighted by molar-refractivity contribution is 5.98. The summed E-state index contributed by atoms with van der Waals surface area (Å²) in [6.07, 6.45) is 10.1. The van der Waals surface area contributed by atoms with Crippen LogP contribution < -0.4 is 14.8 Å². The van der Waals surface area contributed by atoms with Crippen LogP contribution in [0.3, 0.4) is 0 Å². The van der Waals surface area contributed by atoms with E-state index in [1.165, 1.54) is 38.5 Å². The molecule has 168 valence electrons. The standard InChI is InChI=1S/C25H35N3O3/c1-3-12-31-22-14-23(30-2)21(13-19(22)15-26)25(29)27-20-10-11-28(16-20)24-17-6-4-7-18(24)9-5-8-17/h13-14,17-18,20,24H,3-12,16H2,1-2H3,(H,27,29)/t17?,18?,20-,24?/m0/s1. The Kier molecular flexibility index (Phi) is 7.02. The highest BCUT2D eigenvalue weighted by Crippen LogP contribution is 2.43. The molecule has 6 nitrogen and oxygen atoms in total. The van der Waals surface area contributed by atoms with Gasteiger partial charge in [0.2, 0.25) is 0 Å². The number of methoxy groups -OCH3 is 1. The minimum Gasteiger partial charge on any atom is -0.496 e. The fraction of sp³-hybridized carbons (Fsp3) is 0.680. The van der Waals surface area contributed by atoms with Gasteiger partial charge in [0.1, 0.15) is 17.6 Å². The number of nitriles is 1. The smallest absolute Gasteiger partial charge is 0.255 e. The van der Waals surface area contributed by atoms with E-state index in [2.05, 4.69) is 16.3 Å². The zero-order valence-corrected chi connectivity index (χ0v) is 18.9. The Balaban J connectivity index is 1.43. The summed E-state index contributed by atoms with van der Waals surface area (Å²) in [4.78, 5) is 15.7. The minimum atomic E-state index is -0.175. The highest BCUT2D eigenvalue weighted by atomic mass is 16.5. The number of benzene rings is 1. The molecule has 1 aromatic rings. The van der Waals surface area contributed by atoms with E-state index in [0.717, 1.165) is 37.8 Å². The zero-order chi connectivity index (χ0) is 21.8. The third-order valence-electron chi connectivity index (χ3n) is 7.37. The lowest BCUT2D eigenvalue weighted by atomic mass is 9.68. The van der Waals surface area contributed by atoms with Crippen LogP contribution in [0, 0.1) is 23.2 Å². The second-order valence-corrected chi connectivity index (χ2v) is 9.34. The van der Waals surface area contributed by atoms with Gasteiger partial charge in [-0.05, 0) is 56.4 Å². The number of carbonyl (C=O) groups is 1. The van der Waals surface area contributed by atoms with Crippen LogP contribution in [0.5, 0.6) is 11.5 Å². The molecular weight excluding hydrogens is 390 g/mol. The molecule has 4 rings (SSSR count). The van der Waals surface area contributed by atoms with Gasteiger partial charge in [-0.2, -0.15) is 5.26 Å². The maximum Gasteiger partial charge on any atom is 0.255 e. The first-order valence-electron chi connectivity index (χ1n) is 11.9. The Hall–Kier alpha value is -2.26. The van der Waals surface area contributed by atoms with E-state index in [9.17, 15) is 10.1 Å². The minimum absolute atomic E-state index is 0.140. The molecule has 6 heteroatoms. The Morgan fingerprint density at radius 2 is 1.87 bits per heavy atom. The molecule has 3 fully saturated rings. The van der Waals surface area contributed by atoms with Crippen LogP contribution in [0.4, 0.5) is 0 Å². The van der Waals surface area contributed by atoms with Crippen molar-refractivity contribution in [2.24, 2.45) is 11.8 Å². The first-order chi connectivity index (χ1) is 15.1. The van der Waals surface area contributed by atoms with Crippen LogP contribution in [-0.4, -0.2) is 49.7 Å². The molecule has 1 aliphatic heterocycles. The Morgan fingerprint density at radius 3 is 2.48 bits per heavy atom. The zero-order valence-electron chi connectivity index (χ0n) is 18.9. The van der Waals surface area contributed by atoms with Crippen LogP contribution >= 0.6 is 0 Å². The molecule has 1 atom stereocenters. The molecule has 2 bridgehead atoms. The third kappa shape index (κ3) is 4.67. The highest BCUT2D eigenvalue weighted by Gasteiger charge is 2.42. The largest absolute Gasteiger partial charge is 0.496 e. The molecule has 2 saturated carbocycles. The number of ether oxygens (including phenoxy) is 2. The quantitative estimate of drug-likeness (QED) is 0.711. The van der Waals surface area contributed by atoms with Gasteiger partial charge in [0.05, 0.1) is 24.8 Å². The van der Waals surface area contributed by atoms with Crippen molar-refractivity contribution in [3.63, 3.8) is 0 Å². The topological polar surface area (TPSA) is 74.6 Å². The Labute approximate surface area is 185 Å². The number of fused-ring (bicyclic) bond motifs is 2. The number of hydrogen-bond donors (Lipinski definition) is 1. The van der Waals surface area contributed by atoms with Gasteiger partial charge >= 0.3 is 0 Å². The maximum atomic E-state index is 13.1. The Bertz CT molecular complexity index is 812. The maximum absolute atomic E-state index is 13.1. The van der Waals surface area contributed by atoms with Crippen molar-refractivity contribution < 1.29 is 14.3 Å². The van der Waals surface area contributed by atoms with E-state index in [-0.39, 0.29) is 11.9 Å². The van der Waals surface area contributed by atoms with Gasteiger partial charge in [-0.3, -0.25) is 9.69 Å². The van der Waals surface area contributed by atoms with E-state index in [4.69, 9.17) is 9.47 Å². The van der Waals surface area contributed by atoms with Gasteiger partial charge in [-0.1, -0.05) is 19.8 Å². The average Bonchev–Trinajstić information content (AvgIpc) is 3.24. The number of amides is 1. The average molecular weight is 426 g/mol. The van der Waals surface area contributed by atoms with E-state index >= 15 is 0 Å². The monoisotopic (exact) mass is 425 g/mol. The van der Waals surface area contributed by atoms with E-state index in [1.54, 1.807) is 19.2 Å². The number of carbonyl (C=O) groups excluding carboxylic acids is 1. The molecule has 1 heterocycles. The van der Waals surface area contributed by atoms with Gasteiger partial charge in [0.25, 0.3) is 5.91 Å². The van der Waals surface area contributed by atoms with Gasteiger partial charge in [-0.25, -0.2) is 0 Å². The summed E-state index contributed by atoms with van der Waals surface area (Å²) in [6, 6.07) is 6.25. The lowest BCUT2D eigenvalue weighted by Gasteiger charge is -2.47. The lowest BCUT2D eigenvalue weighted by Crippen LogP contribution is -2.50. The lowest BCUT2D eigenvalue weighted by molar-refractivity contribution is 0.0346. The van der Waals surface area contributed by atoms with Crippen molar-refractivity contribution in [2.75, 3.05) is 26.8 Å². The molecule has 3 aliphatic rings. The number of likely N-dealkylation sites (tertiary alicyclic amines) is 1. The van der Waals surface area contributed by atoms with Crippen molar-refractivity contribution in [2.45, 2.75) is 70.4 Å². The molecule has 1 aromatic carbocycles. The molecule has 2 aliphatic carbocycles. The van der Waals surface area contributed by atoms with Crippen LogP contribution in [0.15, 0.2) is 12.1 Å². The summed E-state index contributed by atoms with van der Waals surface area (Å²) in [5.74, 6) is 2.42. The molecule has 31 heavy (non-hydrogen) atoms. The summed E-state index contributed by atoms with van der Waals surface area (Å²) < 4.78 is 11.1. The Morgan fingerprint density at radius 1 is 1.16 bits per heavy atom. The summed E-state index contributed by atoms with van der Waals surface area (Å²) in [6.45, 7) is 4.52. The van der Waals surface area contributed by atoms with Crippen molar-refractivity contribution in [3.8, 4) is 17.6 Å². The fourth-order valence-corrected chi connectivity index (χ4v) is 6.00. The number of hydrogen-bond acceptors (Lipinski definition) is 5. The van der Waals surface area contributed by atoms with Crippen LogP contribution in [0.1, 0.15) is 74.2 Å². The molecule has 1 saturated heterocycles. The predicted molar refractivity (Wildman–Crippen MR) is 119 cm³/mol. The molecule has 0 radical (unpaired) electrons. The molecule has 0 aromatic heterocycles. The van der Waals surface area contributed by atoms with Crippen LogP contribution in [-0.2, 0) is 0 Å². The summed E-state index contributed by atoms with van der Waals surface area (Å²) in [5, 5.41) is 12.7. The predicted octanol–water partition coefficient (Wildman–Crippen LogP) is 4.13. The molecule has 1 amide bonds. The second-order valence-electron chi connectivity index (χ2n) is 9.34. The first kappa shape index (κ1) is 22.0. The van der Waals surface area contributed by atoms with Gasteiger partial charge < -0.3 is 14.8 Å². The van der Waals surface area contributed by atoms with E-state index < -0.39 is 0 Å². The number of nitrogens with one attached hydrogen (secondary N) is 1. The van der Waals surface area contributed by atoms with Crippen LogP contribution in [0.2, 0.25) is 0 Å². The van der Waals surface area contributed by atoms with Crippen molar-refractivity contribution in [3.05, 3.63) is 23.3 Å². The number of rotatable bonds is 7. The summed E-state index contributed by atoms with van der Waals surface area (Å²) >= 11 is 0. The molecule has 0 unspecified atom stereocenters. The second kappa shape index (κ2) is 9.91. The molecular formula is C25H35N3O3. The van der Waals surface area contributed by atoms with Gasteiger partial charge in [-0.15, -0.1) is 0 Å². The van der Waals surface area contributed by atoms with Gasteiger partial charge in [0, 0.05) is 31.2 Å². The van der Waals surface area contributed by atoms with Gasteiger partial charge in [0.15, 0.2) is 0 Å². The fourth-order valence-electron chi connectivity index (χ4n) is 6.00. The van der Waals surface area contributed by atoms with E-state index in [1.807, 2.05) is 6.92 Å². The molecule has 1 N–H and O–H groups in total. The van der Waals surface area contributed by atoms with E-state index in [0.29, 0.717) is 35.3 Å². The first-order valence-corrected chi connectivity index (χ1v) is 11.9. The molecule has 0 spiro atoms. The number of nitrogens with zero attached hydrogens (tertiary/aromatic N) is 2. The summed E-state index contributed by atoms with van der Waals surface area (Å²) in [5.41, 5.74) is 0.762. The third-order valence-corrected chi connectivity index (χ3v) is 7.37. The van der Waals surface area contributed by atoms with Crippen LogP contribution in [0.25, 0.3) is 0 Å². The normalized spacial score (nSPS) is 28.0. The van der Waals surface area contributed by atoms with Crippen molar-refractivity contribution >= 4 is 5.91 Å².